The molecule has 2 aromatic carbocycles. The fourth-order valence-corrected chi connectivity index (χ4v) is 4.04. The van der Waals surface area contributed by atoms with Gasteiger partial charge in [0, 0.05) is 30.8 Å². The van der Waals surface area contributed by atoms with Crippen LogP contribution in [-0.4, -0.2) is 71.9 Å². The normalized spacial score (nSPS) is 13.7. The molecular weight excluding hydrogens is 440 g/mol. The van der Waals surface area contributed by atoms with E-state index >= 15 is 0 Å². The van der Waals surface area contributed by atoms with Crippen molar-refractivity contribution in [2.45, 2.75) is 12.8 Å². The van der Waals surface area contributed by atoms with Crippen molar-refractivity contribution in [2.75, 3.05) is 55.2 Å². The van der Waals surface area contributed by atoms with E-state index in [1.165, 1.54) is 28.4 Å². The molecule has 184 valence electrons. The minimum Gasteiger partial charge on any atom is -0.493 e. The van der Waals surface area contributed by atoms with E-state index in [-0.39, 0.29) is 17.7 Å². The van der Waals surface area contributed by atoms with Crippen molar-refractivity contribution >= 4 is 11.8 Å². The topological polar surface area (TPSA) is 95.6 Å². The van der Waals surface area contributed by atoms with Gasteiger partial charge in [-0.3, -0.25) is 9.59 Å². The molecule has 1 N–H and O–H groups in total. The van der Waals surface area contributed by atoms with Gasteiger partial charge >= 0.3 is 0 Å². The number of carbonyl (C=O) groups excluding carboxylic acids is 2. The van der Waals surface area contributed by atoms with Crippen molar-refractivity contribution in [3.05, 3.63) is 41.5 Å². The second-order valence-corrected chi connectivity index (χ2v) is 7.93. The molecule has 0 unspecified atom stereocenters. The van der Waals surface area contributed by atoms with E-state index in [1.54, 1.807) is 37.4 Å². The minimum absolute atomic E-state index is 0.0907. The van der Waals surface area contributed by atoms with Crippen LogP contribution in [0.15, 0.2) is 30.3 Å². The molecule has 0 atom stereocenters. The summed E-state index contributed by atoms with van der Waals surface area (Å²) in [4.78, 5) is 27.5. The van der Waals surface area contributed by atoms with Crippen LogP contribution in [0, 0.1) is 5.92 Å². The van der Waals surface area contributed by atoms with Gasteiger partial charge in [0.25, 0.3) is 11.8 Å². The third-order valence-corrected chi connectivity index (χ3v) is 6.01. The maximum atomic E-state index is 13.1. The summed E-state index contributed by atoms with van der Waals surface area (Å²) in [6.07, 6.45) is 1.59. The zero-order valence-electron chi connectivity index (χ0n) is 20.3. The van der Waals surface area contributed by atoms with Gasteiger partial charge in [-0.15, -0.1) is 0 Å². The number of hydrogen-bond donors (Lipinski definition) is 1. The number of ether oxygens (including phenoxy) is 5. The fraction of sp³-hybridized carbons (Fsp3) is 0.440. The zero-order chi connectivity index (χ0) is 24.7. The summed E-state index contributed by atoms with van der Waals surface area (Å²) in [6.45, 7) is 1.75. The van der Waals surface area contributed by atoms with Crippen molar-refractivity contribution < 1.29 is 33.3 Å². The first-order valence-corrected chi connectivity index (χ1v) is 11.0. The molecule has 0 saturated carbocycles. The summed E-state index contributed by atoms with van der Waals surface area (Å²) in [5, 5.41) is 2.99. The van der Waals surface area contributed by atoms with E-state index in [1.807, 2.05) is 4.90 Å². The van der Waals surface area contributed by atoms with Gasteiger partial charge in [-0.2, -0.15) is 0 Å². The maximum Gasteiger partial charge on any atom is 0.254 e. The lowest BCUT2D eigenvalue weighted by atomic mass is 9.96. The van der Waals surface area contributed by atoms with Gasteiger partial charge in [-0.05, 0) is 49.1 Å². The van der Waals surface area contributed by atoms with Crippen LogP contribution >= 0.6 is 0 Å². The van der Waals surface area contributed by atoms with E-state index in [0.29, 0.717) is 59.5 Å². The zero-order valence-corrected chi connectivity index (χ0v) is 20.3. The average Bonchev–Trinajstić information content (AvgIpc) is 2.90. The van der Waals surface area contributed by atoms with Crippen LogP contribution in [-0.2, 0) is 0 Å². The molecule has 0 radical (unpaired) electrons. The predicted octanol–water partition coefficient (Wildman–Crippen LogP) is 3.01. The van der Waals surface area contributed by atoms with E-state index in [2.05, 4.69) is 5.32 Å². The summed E-state index contributed by atoms with van der Waals surface area (Å²) in [5.41, 5.74) is 0.988. The highest BCUT2D eigenvalue weighted by molar-refractivity contribution is 5.96. The number of methoxy groups -OCH3 is 5. The molecule has 2 aromatic rings. The second-order valence-electron chi connectivity index (χ2n) is 7.93. The van der Waals surface area contributed by atoms with Crippen molar-refractivity contribution in [3.8, 4) is 28.7 Å². The molecule has 34 heavy (non-hydrogen) atoms. The van der Waals surface area contributed by atoms with E-state index in [0.717, 1.165) is 12.8 Å². The second kappa shape index (κ2) is 11.5. The first kappa shape index (κ1) is 25.0. The summed E-state index contributed by atoms with van der Waals surface area (Å²) in [7, 11) is 7.65. The standard InChI is InChI=1S/C25H32N2O7/c1-30-19-7-6-17(12-20(19)31-2)24(28)26-15-16-8-10-27(11-9-16)25(29)18-13-21(32-3)23(34-5)22(14-18)33-4/h6-7,12-14,16H,8-11,15H2,1-5H3,(H,26,28). The van der Waals surface area contributed by atoms with Crippen molar-refractivity contribution in [1.29, 1.82) is 0 Å². The number of nitrogens with one attached hydrogen (secondary N) is 1. The number of nitrogens with zero attached hydrogens (tertiary/aromatic N) is 1. The van der Waals surface area contributed by atoms with E-state index in [4.69, 9.17) is 23.7 Å². The fourth-order valence-electron chi connectivity index (χ4n) is 4.04. The SMILES string of the molecule is COc1ccc(C(=O)NCC2CCN(C(=O)c3cc(OC)c(OC)c(OC)c3)CC2)cc1OC. The third kappa shape index (κ3) is 5.47. The molecule has 9 heteroatoms. The lowest BCUT2D eigenvalue weighted by Crippen LogP contribution is -2.41. The summed E-state index contributed by atoms with van der Waals surface area (Å²) in [6, 6.07) is 8.40. The highest BCUT2D eigenvalue weighted by Gasteiger charge is 2.26. The van der Waals surface area contributed by atoms with Crippen molar-refractivity contribution in [3.63, 3.8) is 0 Å². The van der Waals surface area contributed by atoms with Crippen LogP contribution in [0.25, 0.3) is 0 Å². The molecule has 2 amide bonds. The van der Waals surface area contributed by atoms with Gasteiger partial charge in [0.1, 0.15) is 0 Å². The molecule has 0 bridgehead atoms. The number of hydrogen-bond acceptors (Lipinski definition) is 7. The van der Waals surface area contributed by atoms with Crippen molar-refractivity contribution in [1.82, 2.24) is 10.2 Å². The molecule has 0 spiro atoms. The van der Waals surface area contributed by atoms with Crippen molar-refractivity contribution in [2.24, 2.45) is 5.92 Å². The third-order valence-electron chi connectivity index (χ3n) is 6.01. The van der Waals surface area contributed by atoms with Gasteiger partial charge in [0.15, 0.2) is 23.0 Å². The molecule has 1 aliphatic rings. The monoisotopic (exact) mass is 472 g/mol. The van der Waals surface area contributed by atoms with Crippen LogP contribution in [0.3, 0.4) is 0 Å². The molecule has 1 fully saturated rings. The summed E-state index contributed by atoms with van der Waals surface area (Å²) in [5.74, 6) is 2.44. The lowest BCUT2D eigenvalue weighted by Gasteiger charge is -2.32. The molecule has 0 aliphatic carbocycles. The van der Waals surface area contributed by atoms with Gasteiger partial charge in [0.2, 0.25) is 5.75 Å². The average molecular weight is 473 g/mol. The first-order valence-electron chi connectivity index (χ1n) is 11.0. The van der Waals surface area contributed by atoms with E-state index < -0.39 is 0 Å². The Morgan fingerprint density at radius 3 is 1.88 bits per heavy atom. The maximum absolute atomic E-state index is 13.1. The smallest absolute Gasteiger partial charge is 0.254 e. The predicted molar refractivity (Wildman–Crippen MR) is 127 cm³/mol. The quantitative estimate of drug-likeness (QED) is 0.599. The largest absolute Gasteiger partial charge is 0.493 e. The lowest BCUT2D eigenvalue weighted by molar-refractivity contribution is 0.0683. The molecular formula is C25H32N2O7. The first-order chi connectivity index (χ1) is 16.4. The van der Waals surface area contributed by atoms with E-state index in [9.17, 15) is 9.59 Å². The van der Waals surface area contributed by atoms with Gasteiger partial charge in [-0.1, -0.05) is 0 Å². The molecule has 3 rings (SSSR count). The molecule has 1 saturated heterocycles. The van der Waals surface area contributed by atoms with Crippen LogP contribution in [0.5, 0.6) is 28.7 Å². The number of rotatable bonds is 9. The number of piperidine rings is 1. The highest BCUT2D eigenvalue weighted by atomic mass is 16.5. The van der Waals surface area contributed by atoms with Gasteiger partial charge in [-0.25, -0.2) is 0 Å². The molecule has 1 aliphatic heterocycles. The Labute approximate surface area is 199 Å². The highest BCUT2D eigenvalue weighted by Crippen LogP contribution is 2.38. The minimum atomic E-state index is -0.170. The van der Waals surface area contributed by atoms with Crippen LogP contribution < -0.4 is 29.0 Å². The Balaban J connectivity index is 1.56. The Morgan fingerprint density at radius 1 is 0.794 bits per heavy atom. The van der Waals surface area contributed by atoms with Gasteiger partial charge < -0.3 is 33.9 Å². The van der Waals surface area contributed by atoms with Gasteiger partial charge in [0.05, 0.1) is 35.5 Å². The number of carbonyl (C=O) groups is 2. The van der Waals surface area contributed by atoms with Crippen LogP contribution in [0.4, 0.5) is 0 Å². The number of amides is 2. The Morgan fingerprint density at radius 2 is 1.35 bits per heavy atom. The summed E-state index contributed by atoms with van der Waals surface area (Å²) >= 11 is 0. The summed E-state index contributed by atoms with van der Waals surface area (Å²) < 4.78 is 26.5. The van der Waals surface area contributed by atoms with Crippen LogP contribution in [0.1, 0.15) is 33.6 Å². The molecule has 9 nitrogen and oxygen atoms in total. The number of likely N-dealkylation sites (tertiary alicyclic amines) is 1. The van der Waals surface area contributed by atoms with Crippen LogP contribution in [0.2, 0.25) is 0 Å². The molecule has 0 aromatic heterocycles. The Kier molecular flexibility index (Phi) is 8.45. The Hall–Kier alpha value is -3.62. The number of benzene rings is 2. The molecule has 1 heterocycles. The Bertz CT molecular complexity index is 991.